The quantitative estimate of drug-likeness (QED) is 0.441. The van der Waals surface area contributed by atoms with Gasteiger partial charge in [-0.3, -0.25) is 0 Å². The first-order valence-electron chi connectivity index (χ1n) is 12.8. The first kappa shape index (κ1) is 24.9. The highest BCUT2D eigenvalue weighted by Crippen LogP contribution is 2.43. The summed E-state index contributed by atoms with van der Waals surface area (Å²) in [5.41, 5.74) is 0.502. The van der Waals surface area contributed by atoms with Crippen LogP contribution in [0.4, 0.5) is 26.5 Å². The molecule has 4 heterocycles. The third-order valence-corrected chi connectivity index (χ3v) is 7.59. The molecule has 2 aromatic heterocycles. The van der Waals surface area contributed by atoms with Gasteiger partial charge in [0.2, 0.25) is 0 Å². The fourth-order valence-electron chi connectivity index (χ4n) is 5.05. The molecule has 200 valence electrons. The smallest absolute Gasteiger partial charge is 0.410 e. The number of amides is 1. The van der Waals surface area contributed by atoms with Crippen molar-refractivity contribution < 1.29 is 18.7 Å². The standard InChI is InChI=1S/C27H30ClFN6O3/c1-26(2,3)38-25(36)35-13-15-11-16(35)12-34(15)20-8-6-18-23(33-20)24(31-14-30-18)32-17-5-7-19(21(28)22(17)29)37-27(4)9-10-27/h5-8,14-16H,9-13H2,1-4H3,(H,30,31,32)/t15-,16-/m0/s1. The number of nitrogens with one attached hydrogen (secondary N) is 1. The second-order valence-electron chi connectivity index (χ2n) is 11.5. The summed E-state index contributed by atoms with van der Waals surface area (Å²) in [5, 5.41) is 2.97. The Morgan fingerprint density at radius 3 is 2.63 bits per heavy atom. The Balaban J connectivity index is 1.23. The van der Waals surface area contributed by atoms with Crippen LogP contribution in [0.5, 0.6) is 5.75 Å². The number of rotatable bonds is 5. The molecular weight excluding hydrogens is 511 g/mol. The van der Waals surface area contributed by atoms with Gasteiger partial charge in [-0.2, -0.15) is 0 Å². The van der Waals surface area contributed by atoms with E-state index in [0.717, 1.165) is 25.1 Å². The highest BCUT2D eigenvalue weighted by atomic mass is 35.5. The number of anilines is 3. The molecule has 0 radical (unpaired) electrons. The van der Waals surface area contributed by atoms with Crippen LogP contribution in [0.2, 0.25) is 5.02 Å². The van der Waals surface area contributed by atoms with Gasteiger partial charge in [0, 0.05) is 13.1 Å². The summed E-state index contributed by atoms with van der Waals surface area (Å²) in [5.74, 6) is 0.837. The Kier molecular flexibility index (Phi) is 5.79. The first-order chi connectivity index (χ1) is 18.0. The third kappa shape index (κ3) is 4.66. The number of fused-ring (bicyclic) bond motifs is 3. The van der Waals surface area contributed by atoms with Gasteiger partial charge in [-0.1, -0.05) is 11.6 Å². The van der Waals surface area contributed by atoms with Gasteiger partial charge < -0.3 is 24.6 Å². The number of hydrogen-bond acceptors (Lipinski definition) is 8. The number of aromatic nitrogens is 3. The van der Waals surface area contributed by atoms with Crippen molar-refractivity contribution in [3.05, 3.63) is 41.4 Å². The van der Waals surface area contributed by atoms with Crippen molar-refractivity contribution in [2.24, 2.45) is 0 Å². The molecule has 6 rings (SSSR count). The maximum atomic E-state index is 15.2. The molecule has 3 aliphatic rings. The SMILES string of the molecule is CC(C)(C)OC(=O)N1C[C@@H]2C[C@H]1CN2c1ccc2ncnc(Nc3ccc(OC4(C)CC4)c(Cl)c3F)c2n1. The summed E-state index contributed by atoms with van der Waals surface area (Å²) in [4.78, 5) is 30.2. The number of likely N-dealkylation sites (tertiary alicyclic amines) is 1. The molecule has 1 saturated carbocycles. The molecule has 0 spiro atoms. The number of benzene rings is 1. The molecule has 9 nitrogen and oxygen atoms in total. The average molecular weight is 541 g/mol. The average Bonchev–Trinajstić information content (AvgIpc) is 3.26. The molecule has 3 aromatic rings. The van der Waals surface area contributed by atoms with E-state index in [2.05, 4.69) is 20.2 Å². The number of pyridine rings is 1. The molecule has 1 aromatic carbocycles. The van der Waals surface area contributed by atoms with Crippen molar-refractivity contribution in [3.63, 3.8) is 0 Å². The Morgan fingerprint density at radius 2 is 1.95 bits per heavy atom. The van der Waals surface area contributed by atoms with Crippen molar-refractivity contribution >= 4 is 46.1 Å². The number of carbonyl (C=O) groups is 1. The van der Waals surface area contributed by atoms with Gasteiger partial charge in [-0.25, -0.2) is 24.1 Å². The van der Waals surface area contributed by atoms with Gasteiger partial charge in [0.1, 0.15) is 39.6 Å². The molecule has 1 aliphatic carbocycles. The van der Waals surface area contributed by atoms with Crippen molar-refractivity contribution in [3.8, 4) is 5.75 Å². The zero-order chi connectivity index (χ0) is 26.8. The maximum Gasteiger partial charge on any atom is 0.410 e. The molecule has 2 aliphatic heterocycles. The van der Waals surface area contributed by atoms with Crippen molar-refractivity contribution in [1.29, 1.82) is 0 Å². The Labute approximate surface area is 225 Å². The fraction of sp³-hybridized carbons (Fsp3) is 0.481. The van der Waals surface area contributed by atoms with Gasteiger partial charge in [-0.05, 0) is 71.2 Å². The summed E-state index contributed by atoms with van der Waals surface area (Å²) < 4.78 is 26.6. The van der Waals surface area contributed by atoms with Crippen molar-refractivity contribution in [2.75, 3.05) is 23.3 Å². The van der Waals surface area contributed by atoms with Gasteiger partial charge in [0.25, 0.3) is 0 Å². The number of ether oxygens (including phenoxy) is 2. The molecule has 2 saturated heterocycles. The normalized spacial score (nSPS) is 21.6. The van der Waals surface area contributed by atoms with E-state index in [1.54, 1.807) is 12.1 Å². The molecule has 2 bridgehead atoms. The van der Waals surface area contributed by atoms with Gasteiger partial charge in [0.15, 0.2) is 11.6 Å². The highest BCUT2D eigenvalue weighted by molar-refractivity contribution is 6.32. The zero-order valence-electron chi connectivity index (χ0n) is 21.8. The monoisotopic (exact) mass is 540 g/mol. The lowest BCUT2D eigenvalue weighted by Crippen LogP contribution is -2.50. The van der Waals surface area contributed by atoms with Crippen LogP contribution < -0.4 is 15.0 Å². The van der Waals surface area contributed by atoms with E-state index in [1.165, 1.54) is 6.33 Å². The number of nitrogens with zero attached hydrogens (tertiary/aromatic N) is 5. The van der Waals surface area contributed by atoms with Crippen LogP contribution in [-0.2, 0) is 4.74 Å². The van der Waals surface area contributed by atoms with Crippen molar-refractivity contribution in [2.45, 2.75) is 70.2 Å². The second kappa shape index (κ2) is 8.83. The molecule has 11 heteroatoms. The molecular formula is C27H30ClFN6O3. The highest BCUT2D eigenvalue weighted by Gasteiger charge is 2.47. The van der Waals surface area contributed by atoms with Gasteiger partial charge in [0.05, 0.1) is 23.3 Å². The number of piperazine rings is 1. The first-order valence-corrected chi connectivity index (χ1v) is 13.2. The predicted molar refractivity (Wildman–Crippen MR) is 143 cm³/mol. The summed E-state index contributed by atoms with van der Waals surface area (Å²) in [6.07, 6.45) is 3.83. The lowest BCUT2D eigenvalue weighted by atomic mass is 10.2. The van der Waals surface area contributed by atoms with E-state index in [9.17, 15) is 4.79 Å². The number of halogens is 2. The van der Waals surface area contributed by atoms with Crippen LogP contribution in [-0.4, -0.2) is 62.3 Å². The van der Waals surface area contributed by atoms with Crippen LogP contribution in [0.25, 0.3) is 11.0 Å². The molecule has 1 amide bonds. The van der Waals surface area contributed by atoms with Crippen LogP contribution in [0.3, 0.4) is 0 Å². The lowest BCUT2D eigenvalue weighted by Gasteiger charge is -2.35. The van der Waals surface area contributed by atoms with E-state index in [1.807, 2.05) is 44.7 Å². The van der Waals surface area contributed by atoms with E-state index in [4.69, 9.17) is 26.1 Å². The summed E-state index contributed by atoms with van der Waals surface area (Å²) in [7, 11) is 0. The Bertz CT molecular complexity index is 1430. The summed E-state index contributed by atoms with van der Waals surface area (Å²) in [6, 6.07) is 7.24. The van der Waals surface area contributed by atoms with Gasteiger partial charge >= 0.3 is 6.09 Å². The molecule has 3 fully saturated rings. The second-order valence-corrected chi connectivity index (χ2v) is 11.9. The minimum Gasteiger partial charge on any atom is -0.486 e. The Morgan fingerprint density at radius 1 is 1.16 bits per heavy atom. The topological polar surface area (TPSA) is 92.7 Å². The third-order valence-electron chi connectivity index (χ3n) is 7.24. The summed E-state index contributed by atoms with van der Waals surface area (Å²) >= 11 is 6.30. The summed E-state index contributed by atoms with van der Waals surface area (Å²) in [6.45, 7) is 8.82. The van der Waals surface area contributed by atoms with Crippen LogP contribution in [0, 0.1) is 5.82 Å². The van der Waals surface area contributed by atoms with E-state index >= 15 is 4.39 Å². The largest absolute Gasteiger partial charge is 0.486 e. The predicted octanol–water partition coefficient (Wildman–Crippen LogP) is 5.69. The van der Waals surface area contributed by atoms with E-state index in [0.29, 0.717) is 35.7 Å². The number of hydrogen-bond donors (Lipinski definition) is 1. The van der Waals surface area contributed by atoms with E-state index < -0.39 is 11.4 Å². The number of carbonyl (C=O) groups excluding carboxylic acids is 1. The maximum absolute atomic E-state index is 15.2. The van der Waals surface area contributed by atoms with Crippen LogP contribution >= 0.6 is 11.6 Å². The van der Waals surface area contributed by atoms with Crippen molar-refractivity contribution in [1.82, 2.24) is 19.9 Å². The molecule has 0 unspecified atom stereocenters. The van der Waals surface area contributed by atoms with Crippen LogP contribution in [0.1, 0.15) is 47.0 Å². The van der Waals surface area contributed by atoms with Gasteiger partial charge in [-0.15, -0.1) is 0 Å². The lowest BCUT2D eigenvalue weighted by molar-refractivity contribution is 0.0214. The van der Waals surface area contributed by atoms with Crippen LogP contribution in [0.15, 0.2) is 30.6 Å². The zero-order valence-corrected chi connectivity index (χ0v) is 22.5. The molecule has 1 N–H and O–H groups in total. The Hall–Kier alpha value is -3.40. The van der Waals surface area contributed by atoms with E-state index in [-0.39, 0.29) is 34.5 Å². The molecule has 2 atom stereocenters. The fourth-order valence-corrected chi connectivity index (χ4v) is 5.25. The minimum absolute atomic E-state index is 0.0619. The molecule has 38 heavy (non-hydrogen) atoms. The minimum atomic E-state index is -0.615.